The third-order valence-electron chi connectivity index (χ3n) is 2.45. The Labute approximate surface area is 78.0 Å². The molecule has 1 aliphatic rings. The minimum atomic E-state index is -0.432. The van der Waals surface area contributed by atoms with Crippen molar-refractivity contribution < 1.29 is 5.11 Å². The van der Waals surface area contributed by atoms with E-state index >= 15 is 0 Å². The van der Waals surface area contributed by atoms with E-state index in [2.05, 4.69) is 6.58 Å². The van der Waals surface area contributed by atoms with Crippen molar-refractivity contribution in [1.29, 1.82) is 0 Å². The quantitative estimate of drug-likeness (QED) is 0.645. The second-order valence-electron chi connectivity index (χ2n) is 3.25. The fourth-order valence-corrected chi connectivity index (χ4v) is 1.67. The van der Waals surface area contributed by atoms with Crippen LogP contribution in [0.15, 0.2) is 43.0 Å². The molecule has 0 spiro atoms. The molecule has 1 aliphatic carbocycles. The first kappa shape index (κ1) is 8.27. The number of aliphatic hydroxyl groups excluding tert-OH is 1. The summed E-state index contributed by atoms with van der Waals surface area (Å²) < 4.78 is 0. The van der Waals surface area contributed by atoms with Gasteiger partial charge in [0.2, 0.25) is 0 Å². The molecule has 1 heteroatoms. The van der Waals surface area contributed by atoms with E-state index in [1.54, 1.807) is 6.08 Å². The smallest absolute Gasteiger partial charge is 0.0892 e. The highest BCUT2D eigenvalue weighted by molar-refractivity contribution is 5.58. The maximum atomic E-state index is 9.90. The maximum Gasteiger partial charge on any atom is 0.0892 e. The minimum Gasteiger partial charge on any atom is -0.387 e. The van der Waals surface area contributed by atoms with Gasteiger partial charge >= 0.3 is 0 Å². The Kier molecular flexibility index (Phi) is 2.03. The fourth-order valence-electron chi connectivity index (χ4n) is 1.67. The van der Waals surface area contributed by atoms with Gasteiger partial charge in [-0.25, -0.2) is 0 Å². The van der Waals surface area contributed by atoms with Crippen LogP contribution in [0.4, 0.5) is 0 Å². The molecule has 0 bridgehead atoms. The Morgan fingerprint density at radius 1 is 1.31 bits per heavy atom. The lowest BCUT2D eigenvalue weighted by Gasteiger charge is -2.22. The molecular formula is C12H12O. The van der Waals surface area contributed by atoms with E-state index in [0.29, 0.717) is 0 Å². The van der Waals surface area contributed by atoms with E-state index in [0.717, 1.165) is 11.1 Å². The molecule has 2 atom stereocenters. The van der Waals surface area contributed by atoms with Gasteiger partial charge in [-0.05, 0) is 11.1 Å². The van der Waals surface area contributed by atoms with Crippen LogP contribution in [-0.2, 0) is 0 Å². The number of hydrogen-bond acceptors (Lipinski definition) is 1. The molecule has 0 unspecified atom stereocenters. The third-order valence-corrected chi connectivity index (χ3v) is 2.45. The van der Waals surface area contributed by atoms with Gasteiger partial charge in [0.25, 0.3) is 0 Å². The van der Waals surface area contributed by atoms with Crippen molar-refractivity contribution in [2.45, 2.75) is 6.10 Å². The van der Waals surface area contributed by atoms with Crippen molar-refractivity contribution in [1.82, 2.24) is 0 Å². The van der Waals surface area contributed by atoms with Crippen LogP contribution in [0.1, 0.15) is 17.2 Å². The van der Waals surface area contributed by atoms with Crippen molar-refractivity contribution >= 4 is 6.08 Å². The summed E-state index contributed by atoms with van der Waals surface area (Å²) in [7, 11) is 0. The lowest BCUT2D eigenvalue weighted by Crippen LogP contribution is -2.12. The second-order valence-corrected chi connectivity index (χ2v) is 3.25. The summed E-state index contributed by atoms with van der Waals surface area (Å²) in [6, 6.07) is 7.89. The third kappa shape index (κ3) is 1.31. The molecule has 0 heterocycles. The molecule has 0 radical (unpaired) electrons. The first-order valence-corrected chi connectivity index (χ1v) is 4.40. The lowest BCUT2D eigenvalue weighted by atomic mass is 9.87. The highest BCUT2D eigenvalue weighted by atomic mass is 16.3. The highest BCUT2D eigenvalue weighted by Crippen LogP contribution is 2.32. The Bertz CT molecular complexity index is 352. The summed E-state index contributed by atoms with van der Waals surface area (Å²) in [5, 5.41) is 9.90. The number of fused-ring (bicyclic) bond motifs is 1. The first-order chi connectivity index (χ1) is 6.33. The van der Waals surface area contributed by atoms with Gasteiger partial charge < -0.3 is 5.11 Å². The zero-order valence-corrected chi connectivity index (χ0v) is 7.35. The van der Waals surface area contributed by atoms with E-state index in [1.165, 1.54) is 0 Å². The van der Waals surface area contributed by atoms with Crippen molar-refractivity contribution in [2.75, 3.05) is 0 Å². The molecule has 0 aromatic heterocycles. The van der Waals surface area contributed by atoms with E-state index < -0.39 is 6.10 Å². The van der Waals surface area contributed by atoms with Gasteiger partial charge in [-0.15, -0.1) is 6.58 Å². The molecule has 0 saturated heterocycles. The topological polar surface area (TPSA) is 20.2 Å². The second kappa shape index (κ2) is 3.19. The average molecular weight is 172 g/mol. The van der Waals surface area contributed by atoms with Crippen LogP contribution in [-0.4, -0.2) is 5.11 Å². The van der Waals surface area contributed by atoms with Crippen LogP contribution in [0.5, 0.6) is 0 Å². The van der Waals surface area contributed by atoms with Crippen molar-refractivity contribution in [2.24, 2.45) is 5.92 Å². The van der Waals surface area contributed by atoms with E-state index in [1.807, 2.05) is 36.4 Å². The van der Waals surface area contributed by atoms with Gasteiger partial charge in [0.1, 0.15) is 0 Å². The van der Waals surface area contributed by atoms with Gasteiger partial charge in [0.05, 0.1) is 6.10 Å². The Balaban J connectivity index is 2.48. The Morgan fingerprint density at radius 3 is 2.85 bits per heavy atom. The summed E-state index contributed by atoms with van der Waals surface area (Å²) >= 11 is 0. The normalized spacial score (nSPS) is 25.3. The largest absolute Gasteiger partial charge is 0.387 e. The maximum absolute atomic E-state index is 9.90. The summed E-state index contributed by atoms with van der Waals surface area (Å²) in [6.07, 6.45) is 5.37. The summed E-state index contributed by atoms with van der Waals surface area (Å²) in [6.45, 7) is 3.70. The molecule has 1 aromatic rings. The number of benzene rings is 1. The van der Waals surface area contributed by atoms with Gasteiger partial charge in [-0.1, -0.05) is 42.5 Å². The standard InChI is InChI=1S/C12H12O/c1-2-9-7-8-10-5-3-4-6-11(10)12(9)13/h2-9,12-13H,1H2/t9-,12-/m0/s1. The molecular weight excluding hydrogens is 160 g/mol. The number of rotatable bonds is 1. The van der Waals surface area contributed by atoms with Crippen LogP contribution < -0.4 is 0 Å². The van der Waals surface area contributed by atoms with Crippen LogP contribution >= 0.6 is 0 Å². The van der Waals surface area contributed by atoms with E-state index in [-0.39, 0.29) is 5.92 Å². The van der Waals surface area contributed by atoms with Gasteiger partial charge in [-0.2, -0.15) is 0 Å². The zero-order chi connectivity index (χ0) is 9.26. The highest BCUT2D eigenvalue weighted by Gasteiger charge is 2.20. The molecule has 0 amide bonds. The van der Waals surface area contributed by atoms with Crippen molar-refractivity contribution in [3.63, 3.8) is 0 Å². The van der Waals surface area contributed by atoms with E-state index in [9.17, 15) is 5.11 Å². The lowest BCUT2D eigenvalue weighted by molar-refractivity contribution is 0.150. The van der Waals surface area contributed by atoms with E-state index in [4.69, 9.17) is 0 Å². The average Bonchev–Trinajstić information content (AvgIpc) is 2.19. The summed E-state index contributed by atoms with van der Waals surface area (Å²) in [5.74, 6) is 0.0508. The van der Waals surface area contributed by atoms with Gasteiger partial charge in [0.15, 0.2) is 0 Å². The molecule has 0 fully saturated rings. The molecule has 13 heavy (non-hydrogen) atoms. The SMILES string of the molecule is C=C[C@H]1C=Cc2ccccc2[C@H]1O. The van der Waals surface area contributed by atoms with Crippen molar-refractivity contribution in [3.05, 3.63) is 54.1 Å². The van der Waals surface area contributed by atoms with Crippen LogP contribution in [0.3, 0.4) is 0 Å². The molecule has 1 aromatic carbocycles. The number of hydrogen-bond donors (Lipinski definition) is 1. The minimum absolute atomic E-state index is 0.0508. The molecule has 1 nitrogen and oxygen atoms in total. The monoisotopic (exact) mass is 172 g/mol. The van der Waals surface area contributed by atoms with Crippen molar-refractivity contribution in [3.8, 4) is 0 Å². The fraction of sp³-hybridized carbons (Fsp3) is 0.167. The predicted molar refractivity (Wildman–Crippen MR) is 54.1 cm³/mol. The molecule has 1 N–H and O–H groups in total. The van der Waals surface area contributed by atoms with Gasteiger partial charge in [0, 0.05) is 5.92 Å². The summed E-state index contributed by atoms with van der Waals surface area (Å²) in [5.41, 5.74) is 2.10. The van der Waals surface area contributed by atoms with Crippen LogP contribution in [0.2, 0.25) is 0 Å². The molecule has 66 valence electrons. The molecule has 0 saturated carbocycles. The molecule has 2 rings (SSSR count). The molecule has 0 aliphatic heterocycles. The van der Waals surface area contributed by atoms with Crippen LogP contribution in [0.25, 0.3) is 6.08 Å². The first-order valence-electron chi connectivity index (χ1n) is 4.40. The number of aliphatic hydroxyl groups is 1. The van der Waals surface area contributed by atoms with Crippen LogP contribution in [0, 0.1) is 5.92 Å². The van der Waals surface area contributed by atoms with Gasteiger partial charge in [-0.3, -0.25) is 0 Å². The Morgan fingerprint density at radius 2 is 2.08 bits per heavy atom. The zero-order valence-electron chi connectivity index (χ0n) is 7.35. The predicted octanol–water partition coefficient (Wildman–Crippen LogP) is 2.55. The summed E-state index contributed by atoms with van der Waals surface area (Å²) in [4.78, 5) is 0. The Hall–Kier alpha value is -1.34.